The third-order valence-electron chi connectivity index (χ3n) is 4.47. The highest BCUT2D eigenvalue weighted by atomic mass is 16.5. The molecule has 0 atom stereocenters. The minimum Gasteiger partial charge on any atom is -0.493 e. The molecule has 2 aromatic rings. The Hall–Kier alpha value is -3.21. The van der Waals surface area contributed by atoms with Gasteiger partial charge in [-0.15, -0.1) is 0 Å². The molecule has 5 heteroatoms. The molecule has 27 heavy (non-hydrogen) atoms. The van der Waals surface area contributed by atoms with E-state index in [9.17, 15) is 4.79 Å². The van der Waals surface area contributed by atoms with E-state index in [1.807, 2.05) is 49.4 Å². The van der Waals surface area contributed by atoms with E-state index in [0.29, 0.717) is 22.8 Å². The predicted octanol–water partition coefficient (Wildman–Crippen LogP) is 4.26. The number of ether oxygens (including phenoxy) is 4. The maximum atomic E-state index is 12.5. The number of hydrogen-bond acceptors (Lipinski definition) is 5. The Morgan fingerprint density at radius 2 is 1.74 bits per heavy atom. The number of esters is 1. The van der Waals surface area contributed by atoms with Crippen LogP contribution in [-0.2, 0) is 16.1 Å². The van der Waals surface area contributed by atoms with Gasteiger partial charge in [0.2, 0.25) is 5.75 Å². The molecule has 0 radical (unpaired) electrons. The monoisotopic (exact) mass is 366 g/mol. The van der Waals surface area contributed by atoms with Crippen molar-refractivity contribution in [3.8, 4) is 17.2 Å². The average Bonchev–Trinajstić information content (AvgIpc) is 2.70. The van der Waals surface area contributed by atoms with Gasteiger partial charge in [0.15, 0.2) is 11.5 Å². The van der Waals surface area contributed by atoms with Crippen LogP contribution in [0.3, 0.4) is 0 Å². The van der Waals surface area contributed by atoms with Gasteiger partial charge in [-0.1, -0.05) is 42.5 Å². The van der Waals surface area contributed by atoms with Crippen LogP contribution < -0.4 is 14.2 Å². The second-order valence-electron chi connectivity index (χ2n) is 6.05. The second kappa shape index (κ2) is 7.99. The van der Waals surface area contributed by atoms with E-state index < -0.39 is 0 Å². The van der Waals surface area contributed by atoms with Crippen LogP contribution in [0.2, 0.25) is 0 Å². The van der Waals surface area contributed by atoms with Gasteiger partial charge in [0, 0.05) is 11.1 Å². The van der Waals surface area contributed by atoms with E-state index in [1.54, 1.807) is 27.4 Å². The van der Waals surface area contributed by atoms with Gasteiger partial charge in [-0.2, -0.15) is 0 Å². The van der Waals surface area contributed by atoms with Crippen molar-refractivity contribution >= 4 is 17.6 Å². The molecule has 0 saturated carbocycles. The molecule has 0 saturated heterocycles. The number of rotatable bonds is 5. The summed E-state index contributed by atoms with van der Waals surface area (Å²) in [5.41, 5.74) is 3.82. The first-order valence-corrected chi connectivity index (χ1v) is 8.54. The normalized spacial score (nSPS) is 15.2. The highest BCUT2D eigenvalue weighted by Gasteiger charge is 2.31. The Morgan fingerprint density at radius 3 is 2.37 bits per heavy atom. The van der Waals surface area contributed by atoms with Gasteiger partial charge in [0.25, 0.3) is 0 Å². The smallest absolute Gasteiger partial charge is 0.339 e. The van der Waals surface area contributed by atoms with Gasteiger partial charge in [0.05, 0.1) is 26.9 Å². The SMILES string of the molecule is COc1cc2c(c(OC)c1OC)COC(=O)/C2=C(C)/C=C/c1ccccc1. The van der Waals surface area contributed by atoms with Crippen molar-refractivity contribution in [1.29, 1.82) is 0 Å². The molecule has 1 aliphatic heterocycles. The molecule has 5 nitrogen and oxygen atoms in total. The molecule has 0 unspecified atom stereocenters. The van der Waals surface area contributed by atoms with Crippen LogP contribution in [0, 0.1) is 0 Å². The molecule has 140 valence electrons. The summed E-state index contributed by atoms with van der Waals surface area (Å²) < 4.78 is 21.8. The number of benzene rings is 2. The summed E-state index contributed by atoms with van der Waals surface area (Å²) in [6, 6.07) is 11.7. The Balaban J connectivity index is 2.16. The molecule has 1 heterocycles. The number of hydrogen-bond donors (Lipinski definition) is 0. The minimum absolute atomic E-state index is 0.122. The van der Waals surface area contributed by atoms with E-state index in [2.05, 4.69) is 0 Å². The summed E-state index contributed by atoms with van der Waals surface area (Å²) in [7, 11) is 4.65. The van der Waals surface area contributed by atoms with Gasteiger partial charge in [0.1, 0.15) is 6.61 Å². The van der Waals surface area contributed by atoms with Crippen molar-refractivity contribution in [2.45, 2.75) is 13.5 Å². The van der Waals surface area contributed by atoms with Crippen molar-refractivity contribution in [3.05, 3.63) is 64.7 Å². The predicted molar refractivity (Wildman–Crippen MR) is 104 cm³/mol. The fourth-order valence-electron chi connectivity index (χ4n) is 3.14. The van der Waals surface area contributed by atoms with E-state index in [0.717, 1.165) is 22.3 Å². The first kappa shape index (κ1) is 18.6. The first-order chi connectivity index (χ1) is 13.1. The number of allylic oxidation sites excluding steroid dienone is 2. The topological polar surface area (TPSA) is 54.0 Å². The number of carbonyl (C=O) groups is 1. The molecule has 0 aromatic heterocycles. The maximum Gasteiger partial charge on any atom is 0.339 e. The van der Waals surface area contributed by atoms with Crippen LogP contribution in [-0.4, -0.2) is 27.3 Å². The van der Waals surface area contributed by atoms with Gasteiger partial charge >= 0.3 is 5.97 Å². The molecule has 0 N–H and O–H groups in total. The molecule has 0 spiro atoms. The molecule has 1 aliphatic rings. The zero-order chi connectivity index (χ0) is 19.4. The summed E-state index contributed by atoms with van der Waals surface area (Å²) >= 11 is 0. The number of cyclic esters (lactones) is 1. The molecule has 2 aromatic carbocycles. The molecule has 0 fully saturated rings. The standard InChI is InChI=1S/C22H22O5/c1-14(10-11-15-8-6-5-7-9-15)19-16-12-18(24-2)21(26-4)20(25-3)17(16)13-27-22(19)23/h5-12H,13H2,1-4H3/b11-10+,19-14+. The Bertz CT molecular complexity index is 910. The zero-order valence-corrected chi connectivity index (χ0v) is 15.9. The Kier molecular flexibility index (Phi) is 5.50. The summed E-state index contributed by atoms with van der Waals surface area (Å²) in [6.07, 6.45) is 3.87. The molecular formula is C22H22O5. The van der Waals surface area contributed by atoms with Gasteiger partial charge in [-0.25, -0.2) is 4.79 Å². The number of methoxy groups -OCH3 is 3. The van der Waals surface area contributed by atoms with E-state index in [-0.39, 0.29) is 12.6 Å². The van der Waals surface area contributed by atoms with Crippen LogP contribution in [0.1, 0.15) is 23.6 Å². The van der Waals surface area contributed by atoms with Gasteiger partial charge in [-0.05, 0) is 24.1 Å². The highest BCUT2D eigenvalue weighted by molar-refractivity contribution is 6.19. The third kappa shape index (κ3) is 3.53. The lowest BCUT2D eigenvalue weighted by molar-refractivity contribution is -0.138. The van der Waals surface area contributed by atoms with Gasteiger partial charge < -0.3 is 18.9 Å². The van der Waals surface area contributed by atoms with Gasteiger partial charge in [-0.3, -0.25) is 0 Å². The van der Waals surface area contributed by atoms with E-state index >= 15 is 0 Å². The quantitative estimate of drug-likeness (QED) is 0.585. The van der Waals surface area contributed by atoms with Crippen molar-refractivity contribution in [2.75, 3.05) is 21.3 Å². The first-order valence-electron chi connectivity index (χ1n) is 8.54. The Labute approximate surface area is 158 Å². The van der Waals surface area contributed by atoms with Crippen molar-refractivity contribution in [3.63, 3.8) is 0 Å². The van der Waals surface area contributed by atoms with E-state index in [1.165, 1.54) is 0 Å². The lowest BCUT2D eigenvalue weighted by atomic mass is 9.92. The van der Waals surface area contributed by atoms with Crippen LogP contribution in [0.4, 0.5) is 0 Å². The summed E-state index contributed by atoms with van der Waals surface area (Å²) in [6.45, 7) is 2.01. The maximum absolute atomic E-state index is 12.5. The largest absolute Gasteiger partial charge is 0.493 e. The number of carbonyl (C=O) groups excluding carboxylic acids is 1. The van der Waals surface area contributed by atoms with Crippen LogP contribution in [0.25, 0.3) is 11.6 Å². The average molecular weight is 366 g/mol. The Morgan fingerprint density at radius 1 is 1.04 bits per heavy atom. The summed E-state index contributed by atoms with van der Waals surface area (Å²) in [5.74, 6) is 1.12. The number of fused-ring (bicyclic) bond motifs is 1. The fraction of sp³-hybridized carbons (Fsp3) is 0.227. The van der Waals surface area contributed by atoms with Crippen molar-refractivity contribution < 1.29 is 23.7 Å². The highest BCUT2D eigenvalue weighted by Crippen LogP contribution is 2.46. The summed E-state index contributed by atoms with van der Waals surface area (Å²) in [4.78, 5) is 12.5. The van der Waals surface area contributed by atoms with E-state index in [4.69, 9.17) is 18.9 Å². The third-order valence-corrected chi connectivity index (χ3v) is 4.47. The lowest BCUT2D eigenvalue weighted by Gasteiger charge is -2.24. The van der Waals surface area contributed by atoms with Crippen LogP contribution in [0.5, 0.6) is 17.2 Å². The second-order valence-corrected chi connectivity index (χ2v) is 6.05. The molecule has 3 rings (SSSR count). The molecule has 0 aliphatic carbocycles. The minimum atomic E-state index is -0.369. The molecular weight excluding hydrogens is 344 g/mol. The van der Waals surface area contributed by atoms with Crippen LogP contribution >= 0.6 is 0 Å². The fourth-order valence-corrected chi connectivity index (χ4v) is 3.14. The van der Waals surface area contributed by atoms with Crippen molar-refractivity contribution in [1.82, 2.24) is 0 Å². The van der Waals surface area contributed by atoms with Crippen molar-refractivity contribution in [2.24, 2.45) is 0 Å². The summed E-state index contributed by atoms with van der Waals surface area (Å²) in [5, 5.41) is 0. The lowest BCUT2D eigenvalue weighted by Crippen LogP contribution is -2.18. The molecule has 0 amide bonds. The molecule has 0 bridgehead atoms. The zero-order valence-electron chi connectivity index (χ0n) is 15.9. The van der Waals surface area contributed by atoms with Crippen LogP contribution in [0.15, 0.2) is 48.0 Å².